The SMILES string of the molecule is CN(C)CCCOC(=O)C(C)(C)C. The van der Waals surface area contributed by atoms with Crippen molar-refractivity contribution in [3.05, 3.63) is 0 Å². The molecule has 0 radical (unpaired) electrons. The van der Waals surface area contributed by atoms with E-state index in [0.717, 1.165) is 13.0 Å². The van der Waals surface area contributed by atoms with Gasteiger partial charge in [0.15, 0.2) is 0 Å². The summed E-state index contributed by atoms with van der Waals surface area (Å²) in [4.78, 5) is 13.3. The van der Waals surface area contributed by atoms with Gasteiger partial charge in [0, 0.05) is 6.54 Å². The number of ether oxygens (including phenoxy) is 1. The molecule has 0 N–H and O–H groups in total. The van der Waals surface area contributed by atoms with Gasteiger partial charge in [-0.25, -0.2) is 0 Å². The molecule has 0 unspecified atom stereocenters. The lowest BCUT2D eigenvalue weighted by Crippen LogP contribution is -2.24. The van der Waals surface area contributed by atoms with E-state index in [4.69, 9.17) is 4.74 Å². The number of carbonyl (C=O) groups is 1. The Hall–Kier alpha value is -0.570. The van der Waals surface area contributed by atoms with Crippen molar-refractivity contribution in [3.63, 3.8) is 0 Å². The predicted octanol–water partition coefficient (Wildman–Crippen LogP) is 1.53. The van der Waals surface area contributed by atoms with Crippen LogP contribution in [0, 0.1) is 5.41 Å². The molecule has 0 saturated heterocycles. The van der Waals surface area contributed by atoms with E-state index in [9.17, 15) is 4.79 Å². The van der Waals surface area contributed by atoms with Gasteiger partial charge in [0.2, 0.25) is 0 Å². The van der Waals surface area contributed by atoms with Gasteiger partial charge in [0.1, 0.15) is 0 Å². The third-order valence-electron chi connectivity index (χ3n) is 1.60. The Morgan fingerprint density at radius 1 is 1.31 bits per heavy atom. The van der Waals surface area contributed by atoms with Crippen molar-refractivity contribution in [3.8, 4) is 0 Å². The molecule has 0 saturated carbocycles. The van der Waals surface area contributed by atoms with E-state index in [1.54, 1.807) is 0 Å². The first-order valence-electron chi connectivity index (χ1n) is 4.66. The van der Waals surface area contributed by atoms with Gasteiger partial charge >= 0.3 is 5.97 Å². The van der Waals surface area contributed by atoms with E-state index in [-0.39, 0.29) is 11.4 Å². The second-order valence-electron chi connectivity index (χ2n) is 4.54. The van der Waals surface area contributed by atoms with Crippen LogP contribution in [0.2, 0.25) is 0 Å². The summed E-state index contributed by atoms with van der Waals surface area (Å²) in [5.41, 5.74) is -0.377. The first-order valence-corrected chi connectivity index (χ1v) is 4.66. The maximum atomic E-state index is 11.3. The lowest BCUT2D eigenvalue weighted by Gasteiger charge is -2.17. The molecule has 0 spiro atoms. The fourth-order valence-electron chi connectivity index (χ4n) is 0.762. The first-order chi connectivity index (χ1) is 5.84. The molecule has 3 nitrogen and oxygen atoms in total. The second-order valence-corrected chi connectivity index (χ2v) is 4.54. The Labute approximate surface area is 81.1 Å². The molecule has 0 atom stereocenters. The average molecular weight is 187 g/mol. The fraction of sp³-hybridized carbons (Fsp3) is 0.900. The van der Waals surface area contributed by atoms with Crippen LogP contribution in [0.3, 0.4) is 0 Å². The molecule has 0 amide bonds. The van der Waals surface area contributed by atoms with Crippen LogP contribution in [0.25, 0.3) is 0 Å². The standard InChI is InChI=1S/C10H21NO2/c1-10(2,3)9(12)13-8-6-7-11(4)5/h6-8H2,1-5H3. The van der Waals surface area contributed by atoms with E-state index >= 15 is 0 Å². The quantitative estimate of drug-likeness (QED) is 0.494. The molecule has 0 aliphatic carbocycles. The Balaban J connectivity index is 3.49. The van der Waals surface area contributed by atoms with Crippen molar-refractivity contribution in [2.45, 2.75) is 27.2 Å². The fourth-order valence-corrected chi connectivity index (χ4v) is 0.762. The molecule has 78 valence electrons. The summed E-state index contributed by atoms with van der Waals surface area (Å²) in [6.07, 6.45) is 0.898. The second kappa shape index (κ2) is 5.22. The number of hydrogen-bond acceptors (Lipinski definition) is 3. The van der Waals surface area contributed by atoms with E-state index < -0.39 is 0 Å². The van der Waals surface area contributed by atoms with Gasteiger partial charge in [-0.2, -0.15) is 0 Å². The van der Waals surface area contributed by atoms with Gasteiger partial charge in [-0.1, -0.05) is 0 Å². The molecule has 13 heavy (non-hydrogen) atoms. The molecule has 0 bridgehead atoms. The van der Waals surface area contributed by atoms with Crippen LogP contribution in [0.15, 0.2) is 0 Å². The minimum Gasteiger partial charge on any atom is -0.465 e. The number of hydrogen-bond donors (Lipinski definition) is 0. The Morgan fingerprint density at radius 2 is 1.85 bits per heavy atom. The zero-order valence-electron chi connectivity index (χ0n) is 9.39. The number of carbonyl (C=O) groups excluding carboxylic acids is 1. The molecule has 0 fully saturated rings. The monoisotopic (exact) mass is 187 g/mol. The molecule has 0 aromatic rings. The van der Waals surface area contributed by atoms with Gasteiger partial charge in [-0.05, 0) is 41.3 Å². The van der Waals surface area contributed by atoms with Crippen molar-refractivity contribution in [1.29, 1.82) is 0 Å². The van der Waals surface area contributed by atoms with E-state index in [0.29, 0.717) is 6.61 Å². The van der Waals surface area contributed by atoms with Crippen LogP contribution in [0.4, 0.5) is 0 Å². The minimum atomic E-state index is -0.377. The highest BCUT2D eigenvalue weighted by Crippen LogP contribution is 2.14. The lowest BCUT2D eigenvalue weighted by molar-refractivity contribution is -0.153. The van der Waals surface area contributed by atoms with Crippen molar-refractivity contribution in [2.24, 2.45) is 5.41 Å². The van der Waals surface area contributed by atoms with Gasteiger partial charge in [-0.3, -0.25) is 4.79 Å². The molecule has 0 aromatic heterocycles. The van der Waals surface area contributed by atoms with Crippen LogP contribution >= 0.6 is 0 Å². The van der Waals surface area contributed by atoms with E-state index in [1.807, 2.05) is 34.9 Å². The predicted molar refractivity (Wildman–Crippen MR) is 53.6 cm³/mol. The van der Waals surface area contributed by atoms with Gasteiger partial charge in [0.05, 0.1) is 12.0 Å². The van der Waals surface area contributed by atoms with Crippen LogP contribution in [-0.4, -0.2) is 38.1 Å². The molecule has 3 heteroatoms. The molecule has 0 heterocycles. The summed E-state index contributed by atoms with van der Waals surface area (Å²) in [6.45, 7) is 7.07. The van der Waals surface area contributed by atoms with Gasteiger partial charge in [-0.15, -0.1) is 0 Å². The summed E-state index contributed by atoms with van der Waals surface area (Å²) in [5.74, 6) is -0.119. The smallest absolute Gasteiger partial charge is 0.311 e. The maximum Gasteiger partial charge on any atom is 0.311 e. The summed E-state index contributed by atoms with van der Waals surface area (Å²) >= 11 is 0. The largest absolute Gasteiger partial charge is 0.465 e. The van der Waals surface area contributed by atoms with Crippen molar-refractivity contribution in [2.75, 3.05) is 27.2 Å². The average Bonchev–Trinajstić information content (AvgIpc) is 1.95. The Morgan fingerprint density at radius 3 is 2.23 bits per heavy atom. The number of nitrogens with zero attached hydrogens (tertiary/aromatic N) is 1. The Bertz CT molecular complexity index is 159. The van der Waals surface area contributed by atoms with Crippen LogP contribution in [0.5, 0.6) is 0 Å². The highest BCUT2D eigenvalue weighted by atomic mass is 16.5. The van der Waals surface area contributed by atoms with Crippen LogP contribution < -0.4 is 0 Å². The van der Waals surface area contributed by atoms with Crippen molar-refractivity contribution < 1.29 is 9.53 Å². The lowest BCUT2D eigenvalue weighted by atomic mass is 9.97. The molecular formula is C10H21NO2. The first kappa shape index (κ1) is 12.4. The van der Waals surface area contributed by atoms with Crippen LogP contribution in [0.1, 0.15) is 27.2 Å². The maximum absolute atomic E-state index is 11.3. The molecule has 0 aromatic carbocycles. The van der Waals surface area contributed by atoms with E-state index in [1.165, 1.54) is 0 Å². The third kappa shape index (κ3) is 6.58. The molecule has 0 aliphatic heterocycles. The number of esters is 1. The van der Waals surface area contributed by atoms with Crippen molar-refractivity contribution in [1.82, 2.24) is 4.90 Å². The van der Waals surface area contributed by atoms with E-state index in [2.05, 4.69) is 4.90 Å². The Kier molecular flexibility index (Phi) is 4.99. The molecule has 0 rings (SSSR count). The topological polar surface area (TPSA) is 29.5 Å². The van der Waals surface area contributed by atoms with Gasteiger partial charge < -0.3 is 9.64 Å². The normalized spacial score (nSPS) is 11.8. The summed E-state index contributed by atoms with van der Waals surface area (Å²) in [7, 11) is 4.01. The molecular weight excluding hydrogens is 166 g/mol. The highest BCUT2D eigenvalue weighted by molar-refractivity contribution is 5.75. The summed E-state index contributed by atoms with van der Waals surface area (Å²) in [6, 6.07) is 0. The summed E-state index contributed by atoms with van der Waals surface area (Å²) < 4.78 is 5.09. The van der Waals surface area contributed by atoms with Gasteiger partial charge in [0.25, 0.3) is 0 Å². The highest BCUT2D eigenvalue weighted by Gasteiger charge is 2.22. The molecule has 0 aliphatic rings. The number of rotatable bonds is 4. The zero-order valence-corrected chi connectivity index (χ0v) is 9.39. The zero-order chi connectivity index (χ0) is 10.5. The van der Waals surface area contributed by atoms with Crippen LogP contribution in [-0.2, 0) is 9.53 Å². The third-order valence-corrected chi connectivity index (χ3v) is 1.60. The summed E-state index contributed by atoms with van der Waals surface area (Å²) in [5, 5.41) is 0. The van der Waals surface area contributed by atoms with Crippen molar-refractivity contribution >= 4 is 5.97 Å². The minimum absolute atomic E-state index is 0.119.